The molecule has 1 saturated heterocycles. The molecule has 2 rings (SSSR count). The Labute approximate surface area is 116 Å². The van der Waals surface area contributed by atoms with Gasteiger partial charge < -0.3 is 10.6 Å². The van der Waals surface area contributed by atoms with Crippen LogP contribution in [0.4, 0.5) is 0 Å². The van der Waals surface area contributed by atoms with Crippen molar-refractivity contribution in [2.75, 3.05) is 19.6 Å². The topological polar surface area (TPSA) is 46.3 Å². The van der Waals surface area contributed by atoms with Crippen molar-refractivity contribution in [2.24, 2.45) is 11.7 Å². The van der Waals surface area contributed by atoms with E-state index in [2.05, 4.69) is 15.9 Å². The normalized spacial score (nSPS) is 19.9. The largest absolute Gasteiger partial charge is 0.338 e. The quantitative estimate of drug-likeness (QED) is 0.912. The van der Waals surface area contributed by atoms with Gasteiger partial charge in [-0.05, 0) is 59.8 Å². The zero-order valence-electron chi connectivity index (χ0n) is 10.7. The van der Waals surface area contributed by atoms with E-state index in [4.69, 9.17) is 5.73 Å². The van der Waals surface area contributed by atoms with Gasteiger partial charge in [0.2, 0.25) is 0 Å². The third-order valence-electron chi connectivity index (χ3n) is 3.56. The molecule has 0 aromatic heterocycles. The molecule has 18 heavy (non-hydrogen) atoms. The zero-order chi connectivity index (χ0) is 13.1. The fraction of sp³-hybridized carbons (Fsp3) is 0.500. The second-order valence-corrected chi connectivity index (χ2v) is 5.72. The summed E-state index contributed by atoms with van der Waals surface area (Å²) in [6.07, 6.45) is 2.19. The molecule has 1 amide bonds. The van der Waals surface area contributed by atoms with Crippen LogP contribution in [0.15, 0.2) is 22.7 Å². The van der Waals surface area contributed by atoms with Crippen LogP contribution in [0.2, 0.25) is 0 Å². The van der Waals surface area contributed by atoms with Gasteiger partial charge >= 0.3 is 0 Å². The first kappa shape index (κ1) is 13.6. The highest BCUT2D eigenvalue weighted by Crippen LogP contribution is 2.24. The molecule has 0 radical (unpaired) electrons. The van der Waals surface area contributed by atoms with Crippen LogP contribution in [-0.4, -0.2) is 30.4 Å². The summed E-state index contributed by atoms with van der Waals surface area (Å²) in [5.41, 5.74) is 7.56. The molecule has 0 saturated carbocycles. The van der Waals surface area contributed by atoms with Crippen LogP contribution in [0.5, 0.6) is 0 Å². The minimum atomic E-state index is 0.115. The van der Waals surface area contributed by atoms with Crippen molar-refractivity contribution >= 4 is 21.8 Å². The molecule has 1 aliphatic heterocycles. The third kappa shape index (κ3) is 2.75. The van der Waals surface area contributed by atoms with E-state index in [9.17, 15) is 4.79 Å². The molecule has 4 heteroatoms. The Bertz CT molecular complexity index is 447. The Hall–Kier alpha value is -0.870. The fourth-order valence-corrected chi connectivity index (χ4v) is 2.86. The summed E-state index contributed by atoms with van der Waals surface area (Å²) < 4.78 is 0.907. The first-order valence-corrected chi connectivity index (χ1v) is 7.17. The van der Waals surface area contributed by atoms with Crippen LogP contribution in [0, 0.1) is 12.8 Å². The van der Waals surface area contributed by atoms with Crippen molar-refractivity contribution in [2.45, 2.75) is 19.8 Å². The van der Waals surface area contributed by atoms with Crippen LogP contribution in [-0.2, 0) is 0 Å². The number of benzene rings is 1. The molecule has 0 spiro atoms. The average Bonchev–Trinajstić information content (AvgIpc) is 2.41. The number of piperidine rings is 1. The number of amides is 1. The van der Waals surface area contributed by atoms with Crippen LogP contribution in [0.1, 0.15) is 28.8 Å². The number of nitrogens with zero attached hydrogens (tertiary/aromatic N) is 1. The van der Waals surface area contributed by atoms with Gasteiger partial charge in [-0.2, -0.15) is 0 Å². The summed E-state index contributed by atoms with van der Waals surface area (Å²) in [5, 5.41) is 0. The molecule has 3 nitrogen and oxygen atoms in total. The number of likely N-dealkylation sites (tertiary alicyclic amines) is 1. The summed E-state index contributed by atoms with van der Waals surface area (Å²) in [5.74, 6) is 0.565. The molecule has 1 unspecified atom stereocenters. The molecule has 0 bridgehead atoms. The van der Waals surface area contributed by atoms with Crippen molar-refractivity contribution < 1.29 is 4.79 Å². The second-order valence-electron chi connectivity index (χ2n) is 4.93. The standard InChI is InChI=1S/C14H19BrN2O/c1-10-4-2-6-12(13(10)15)14(18)17-7-3-5-11(8-16)9-17/h2,4,6,11H,3,5,7-9,16H2,1H3. The van der Waals surface area contributed by atoms with E-state index >= 15 is 0 Å². The van der Waals surface area contributed by atoms with Crippen LogP contribution in [0.25, 0.3) is 0 Å². The Morgan fingerprint density at radius 3 is 3.06 bits per heavy atom. The fourth-order valence-electron chi connectivity index (χ4n) is 2.42. The maximum absolute atomic E-state index is 12.5. The number of hydrogen-bond donors (Lipinski definition) is 1. The minimum Gasteiger partial charge on any atom is -0.338 e. The highest BCUT2D eigenvalue weighted by atomic mass is 79.9. The van der Waals surface area contributed by atoms with Crippen molar-refractivity contribution in [1.82, 2.24) is 4.90 Å². The zero-order valence-corrected chi connectivity index (χ0v) is 12.2. The number of carbonyl (C=O) groups is 1. The average molecular weight is 311 g/mol. The van der Waals surface area contributed by atoms with E-state index in [0.29, 0.717) is 12.5 Å². The number of nitrogens with two attached hydrogens (primary N) is 1. The molecule has 0 aliphatic carbocycles. The molecule has 1 aliphatic rings. The van der Waals surface area contributed by atoms with E-state index in [1.807, 2.05) is 30.0 Å². The van der Waals surface area contributed by atoms with E-state index in [0.717, 1.165) is 41.5 Å². The molecule has 2 N–H and O–H groups in total. The van der Waals surface area contributed by atoms with Gasteiger partial charge in [-0.25, -0.2) is 0 Å². The molecule has 1 aromatic rings. The lowest BCUT2D eigenvalue weighted by atomic mass is 9.97. The number of carbonyl (C=O) groups excluding carboxylic acids is 1. The Morgan fingerprint density at radius 1 is 1.56 bits per heavy atom. The molecule has 1 atom stereocenters. The summed E-state index contributed by atoms with van der Waals surface area (Å²) in [7, 11) is 0. The van der Waals surface area contributed by atoms with E-state index in [1.54, 1.807) is 0 Å². The number of aryl methyl sites for hydroxylation is 1. The second kappa shape index (κ2) is 5.85. The summed E-state index contributed by atoms with van der Waals surface area (Å²) >= 11 is 3.51. The van der Waals surface area contributed by atoms with Crippen molar-refractivity contribution in [3.05, 3.63) is 33.8 Å². The first-order valence-electron chi connectivity index (χ1n) is 6.38. The molecule has 1 fully saturated rings. The predicted octanol–water partition coefficient (Wildman–Crippen LogP) is 2.57. The van der Waals surface area contributed by atoms with Gasteiger partial charge in [0.1, 0.15) is 0 Å². The Balaban J connectivity index is 2.18. The molecular weight excluding hydrogens is 292 g/mol. The highest BCUT2D eigenvalue weighted by molar-refractivity contribution is 9.10. The lowest BCUT2D eigenvalue weighted by Gasteiger charge is -2.32. The lowest BCUT2D eigenvalue weighted by Crippen LogP contribution is -2.42. The Kier molecular flexibility index (Phi) is 4.40. The van der Waals surface area contributed by atoms with Crippen molar-refractivity contribution in [3.63, 3.8) is 0 Å². The molecule has 1 heterocycles. The monoisotopic (exact) mass is 310 g/mol. The van der Waals surface area contributed by atoms with Gasteiger partial charge in [0, 0.05) is 17.6 Å². The number of rotatable bonds is 2. The van der Waals surface area contributed by atoms with Gasteiger partial charge in [0.25, 0.3) is 5.91 Å². The summed E-state index contributed by atoms with van der Waals surface area (Å²) in [6.45, 7) is 4.30. The van der Waals surface area contributed by atoms with Gasteiger partial charge in [0.05, 0.1) is 5.56 Å². The van der Waals surface area contributed by atoms with Gasteiger partial charge in [-0.15, -0.1) is 0 Å². The van der Waals surface area contributed by atoms with Gasteiger partial charge in [-0.3, -0.25) is 4.79 Å². The summed E-state index contributed by atoms with van der Waals surface area (Å²) in [6, 6.07) is 5.81. The van der Waals surface area contributed by atoms with E-state index in [1.165, 1.54) is 0 Å². The maximum atomic E-state index is 12.5. The third-order valence-corrected chi connectivity index (χ3v) is 4.61. The van der Waals surface area contributed by atoms with Crippen molar-refractivity contribution in [1.29, 1.82) is 0 Å². The van der Waals surface area contributed by atoms with E-state index in [-0.39, 0.29) is 5.91 Å². The molecule has 98 valence electrons. The minimum absolute atomic E-state index is 0.115. The Morgan fingerprint density at radius 2 is 2.33 bits per heavy atom. The SMILES string of the molecule is Cc1cccc(C(=O)N2CCCC(CN)C2)c1Br. The van der Waals surface area contributed by atoms with Crippen LogP contribution in [0.3, 0.4) is 0 Å². The number of hydrogen-bond acceptors (Lipinski definition) is 2. The van der Waals surface area contributed by atoms with Gasteiger partial charge in [-0.1, -0.05) is 12.1 Å². The highest BCUT2D eigenvalue weighted by Gasteiger charge is 2.24. The maximum Gasteiger partial charge on any atom is 0.255 e. The van der Waals surface area contributed by atoms with Crippen LogP contribution < -0.4 is 5.73 Å². The smallest absolute Gasteiger partial charge is 0.255 e. The molecular formula is C14H19BrN2O. The molecule has 1 aromatic carbocycles. The van der Waals surface area contributed by atoms with Crippen molar-refractivity contribution in [3.8, 4) is 0 Å². The van der Waals surface area contributed by atoms with Crippen LogP contribution >= 0.6 is 15.9 Å². The van der Waals surface area contributed by atoms with Gasteiger partial charge in [0.15, 0.2) is 0 Å². The predicted molar refractivity (Wildman–Crippen MR) is 76.6 cm³/mol. The number of halogens is 1. The summed E-state index contributed by atoms with van der Waals surface area (Å²) in [4.78, 5) is 14.4. The van der Waals surface area contributed by atoms with E-state index < -0.39 is 0 Å². The lowest BCUT2D eigenvalue weighted by molar-refractivity contribution is 0.0677. The first-order chi connectivity index (χ1) is 8.63.